The quantitative estimate of drug-likeness (QED) is 0.831. The molecule has 0 saturated carbocycles. The van der Waals surface area contributed by atoms with Crippen molar-refractivity contribution in [2.24, 2.45) is 5.92 Å². The van der Waals surface area contributed by atoms with Crippen LogP contribution in [0.2, 0.25) is 0 Å². The Balaban J connectivity index is 1.76. The summed E-state index contributed by atoms with van der Waals surface area (Å²) in [7, 11) is 1.69. The average molecular weight is 321 g/mol. The maximum atomic E-state index is 11.1. The first-order valence-corrected chi connectivity index (χ1v) is 8.12. The topological polar surface area (TPSA) is 58.6 Å². The maximum Gasteiger partial charge on any atom is 0.335 e. The largest absolute Gasteiger partial charge is 0.495 e. The summed E-state index contributed by atoms with van der Waals surface area (Å²) in [5.74, 6) is 0.741. The van der Waals surface area contributed by atoms with E-state index in [4.69, 9.17) is 9.84 Å². The van der Waals surface area contributed by atoms with Gasteiger partial charge in [-0.1, -0.05) is 36.4 Å². The third-order valence-corrected chi connectivity index (χ3v) is 5.10. The van der Waals surface area contributed by atoms with E-state index >= 15 is 0 Å². The molecule has 0 fully saturated rings. The van der Waals surface area contributed by atoms with Gasteiger partial charge in [-0.05, 0) is 41.7 Å². The molecule has 0 radical (unpaired) electrons. The lowest BCUT2D eigenvalue weighted by molar-refractivity contribution is 0.0697. The molecule has 2 aromatic rings. The number of allylic oxidation sites excluding steroid dienone is 2. The van der Waals surface area contributed by atoms with Crippen molar-refractivity contribution in [3.05, 3.63) is 71.3 Å². The van der Waals surface area contributed by atoms with Gasteiger partial charge in [-0.25, -0.2) is 4.79 Å². The summed E-state index contributed by atoms with van der Waals surface area (Å²) < 4.78 is 5.53. The lowest BCUT2D eigenvalue weighted by atomic mass is 9.77. The SMILES string of the molecule is COc1cccc2c1N[C@@H](c1ccc(C(=O)O)cc1)[C@H]1CC=C[C@H]21. The summed E-state index contributed by atoms with van der Waals surface area (Å²) in [6.07, 6.45) is 5.53. The number of carbonyl (C=O) groups is 1. The number of hydrogen-bond acceptors (Lipinski definition) is 3. The highest BCUT2D eigenvalue weighted by molar-refractivity contribution is 5.87. The van der Waals surface area contributed by atoms with Crippen LogP contribution in [-0.4, -0.2) is 18.2 Å². The Bertz CT molecular complexity index is 810. The van der Waals surface area contributed by atoms with Gasteiger partial charge >= 0.3 is 5.97 Å². The normalized spacial score (nSPS) is 24.0. The maximum absolute atomic E-state index is 11.1. The highest BCUT2D eigenvalue weighted by atomic mass is 16.5. The predicted molar refractivity (Wildman–Crippen MR) is 92.7 cm³/mol. The molecule has 1 aliphatic heterocycles. The summed E-state index contributed by atoms with van der Waals surface area (Å²) in [5.41, 5.74) is 3.73. The Kier molecular flexibility index (Phi) is 3.53. The predicted octanol–water partition coefficient (Wildman–Crippen LogP) is 4.22. The van der Waals surface area contributed by atoms with Crippen LogP contribution in [0.4, 0.5) is 5.69 Å². The van der Waals surface area contributed by atoms with Gasteiger partial charge in [0.25, 0.3) is 0 Å². The van der Waals surface area contributed by atoms with Gasteiger partial charge in [0, 0.05) is 5.92 Å². The molecule has 2 aromatic carbocycles. The number of fused-ring (bicyclic) bond motifs is 3. The fourth-order valence-corrected chi connectivity index (χ4v) is 3.93. The van der Waals surface area contributed by atoms with Crippen molar-refractivity contribution in [3.8, 4) is 5.75 Å². The van der Waals surface area contributed by atoms with Gasteiger partial charge in [0.2, 0.25) is 0 Å². The molecule has 1 aliphatic carbocycles. The summed E-state index contributed by atoms with van der Waals surface area (Å²) in [5, 5.41) is 12.7. The fraction of sp³-hybridized carbons (Fsp3) is 0.250. The highest BCUT2D eigenvalue weighted by Crippen LogP contribution is 2.52. The zero-order chi connectivity index (χ0) is 16.7. The van der Waals surface area contributed by atoms with E-state index in [-0.39, 0.29) is 6.04 Å². The Hall–Kier alpha value is -2.75. The van der Waals surface area contributed by atoms with E-state index in [1.165, 1.54) is 5.56 Å². The molecule has 1 heterocycles. The first kappa shape index (κ1) is 14.8. The van der Waals surface area contributed by atoms with Crippen molar-refractivity contribution >= 4 is 11.7 Å². The summed E-state index contributed by atoms with van der Waals surface area (Å²) >= 11 is 0. The number of benzene rings is 2. The third-order valence-electron chi connectivity index (χ3n) is 5.10. The van der Waals surface area contributed by atoms with Crippen molar-refractivity contribution in [1.29, 1.82) is 0 Å². The lowest BCUT2D eigenvalue weighted by Crippen LogP contribution is -2.29. The number of aromatic carboxylic acids is 1. The number of nitrogens with one attached hydrogen (secondary N) is 1. The molecular weight excluding hydrogens is 302 g/mol. The van der Waals surface area contributed by atoms with E-state index in [0.717, 1.165) is 23.4 Å². The molecule has 3 atom stereocenters. The average Bonchev–Trinajstić information content (AvgIpc) is 3.10. The van der Waals surface area contributed by atoms with Gasteiger partial charge in [0.15, 0.2) is 0 Å². The van der Waals surface area contributed by atoms with E-state index in [1.807, 2.05) is 24.3 Å². The molecular formula is C20H19NO3. The van der Waals surface area contributed by atoms with E-state index < -0.39 is 5.97 Å². The molecule has 0 bridgehead atoms. The first-order valence-electron chi connectivity index (χ1n) is 8.12. The molecule has 0 saturated heterocycles. The standard InChI is InChI=1S/C20H19NO3/c1-24-17-7-3-6-16-14-4-2-5-15(14)18(21-19(16)17)12-8-10-13(11-9-12)20(22)23/h2-4,6-11,14-15,18,21H,5H2,1H3,(H,22,23)/t14-,15-,18-/m0/s1. The number of anilines is 1. The van der Waals surface area contributed by atoms with E-state index in [2.05, 4.69) is 23.5 Å². The van der Waals surface area contributed by atoms with E-state index in [1.54, 1.807) is 19.2 Å². The fourth-order valence-electron chi connectivity index (χ4n) is 3.93. The molecule has 4 rings (SSSR count). The first-order chi connectivity index (χ1) is 11.7. The van der Waals surface area contributed by atoms with Crippen molar-refractivity contribution in [2.75, 3.05) is 12.4 Å². The van der Waals surface area contributed by atoms with Crippen LogP contribution >= 0.6 is 0 Å². The minimum atomic E-state index is -0.898. The minimum Gasteiger partial charge on any atom is -0.495 e. The van der Waals surface area contributed by atoms with Crippen molar-refractivity contribution in [3.63, 3.8) is 0 Å². The van der Waals surface area contributed by atoms with Gasteiger partial charge in [-0.2, -0.15) is 0 Å². The molecule has 2 N–H and O–H groups in total. The van der Waals surface area contributed by atoms with Crippen LogP contribution in [0.3, 0.4) is 0 Å². The van der Waals surface area contributed by atoms with Crippen LogP contribution in [-0.2, 0) is 0 Å². The van der Waals surface area contributed by atoms with Crippen molar-refractivity contribution in [2.45, 2.75) is 18.4 Å². The number of ether oxygens (including phenoxy) is 1. The molecule has 4 heteroatoms. The van der Waals surface area contributed by atoms with Crippen LogP contribution in [0.5, 0.6) is 5.75 Å². The second-order valence-corrected chi connectivity index (χ2v) is 6.33. The number of para-hydroxylation sites is 1. The Morgan fingerprint density at radius 2 is 2.00 bits per heavy atom. The van der Waals surface area contributed by atoms with E-state index in [0.29, 0.717) is 17.4 Å². The van der Waals surface area contributed by atoms with Crippen molar-refractivity contribution in [1.82, 2.24) is 0 Å². The Labute approximate surface area is 140 Å². The van der Waals surface area contributed by atoms with Gasteiger partial charge in [0.1, 0.15) is 5.75 Å². The van der Waals surface area contributed by atoms with E-state index in [9.17, 15) is 4.79 Å². The zero-order valence-electron chi connectivity index (χ0n) is 13.4. The van der Waals surface area contributed by atoms with Crippen LogP contribution in [0.25, 0.3) is 0 Å². The smallest absolute Gasteiger partial charge is 0.335 e. The molecule has 0 spiro atoms. The molecule has 0 amide bonds. The zero-order valence-corrected chi connectivity index (χ0v) is 13.4. The second-order valence-electron chi connectivity index (χ2n) is 6.33. The Morgan fingerprint density at radius 3 is 2.71 bits per heavy atom. The number of methoxy groups -OCH3 is 1. The second kappa shape index (κ2) is 5.71. The van der Waals surface area contributed by atoms with Crippen LogP contribution < -0.4 is 10.1 Å². The molecule has 0 unspecified atom stereocenters. The summed E-state index contributed by atoms with van der Waals surface area (Å²) in [4.78, 5) is 11.1. The molecule has 24 heavy (non-hydrogen) atoms. The Morgan fingerprint density at radius 1 is 1.21 bits per heavy atom. The van der Waals surface area contributed by atoms with Crippen LogP contribution in [0, 0.1) is 5.92 Å². The van der Waals surface area contributed by atoms with Gasteiger partial charge in [-0.15, -0.1) is 0 Å². The minimum absolute atomic E-state index is 0.136. The number of carboxylic acids is 1. The summed E-state index contributed by atoms with van der Waals surface area (Å²) in [6, 6.07) is 13.5. The van der Waals surface area contributed by atoms with Crippen LogP contribution in [0.15, 0.2) is 54.6 Å². The van der Waals surface area contributed by atoms with Crippen LogP contribution in [0.1, 0.15) is 39.9 Å². The third kappa shape index (κ3) is 2.26. The van der Waals surface area contributed by atoms with Gasteiger partial charge in [-0.3, -0.25) is 0 Å². The lowest BCUT2D eigenvalue weighted by Gasteiger charge is -2.38. The number of carboxylic acid groups (broad SMARTS) is 1. The molecule has 2 aliphatic rings. The van der Waals surface area contributed by atoms with Crippen molar-refractivity contribution < 1.29 is 14.6 Å². The van der Waals surface area contributed by atoms with Gasteiger partial charge < -0.3 is 15.2 Å². The summed E-state index contributed by atoms with van der Waals surface area (Å²) in [6.45, 7) is 0. The highest BCUT2D eigenvalue weighted by Gasteiger charge is 2.38. The number of hydrogen-bond donors (Lipinski definition) is 2. The number of rotatable bonds is 3. The molecule has 122 valence electrons. The molecule has 0 aromatic heterocycles. The molecule has 4 nitrogen and oxygen atoms in total. The monoisotopic (exact) mass is 321 g/mol. The van der Waals surface area contributed by atoms with Gasteiger partial charge in [0.05, 0.1) is 24.4 Å².